The lowest BCUT2D eigenvalue weighted by Crippen LogP contribution is -1.99. The minimum Gasteiger partial charge on any atom is -0.295 e. The van der Waals surface area contributed by atoms with Crippen LogP contribution in [0.15, 0.2) is 34.8 Å². The van der Waals surface area contributed by atoms with Gasteiger partial charge in [-0.05, 0) is 52.7 Å². The molecule has 0 atom stereocenters. The largest absolute Gasteiger partial charge is 0.295 e. The first-order valence-electron chi connectivity index (χ1n) is 6.20. The number of halogens is 4. The molecular formula is C15H10BrCl2FN2. The molecule has 0 saturated carbocycles. The Labute approximate surface area is 139 Å². The Balaban J connectivity index is 2.34. The summed E-state index contributed by atoms with van der Waals surface area (Å²) in [5.74, 6) is 0.617. The smallest absolute Gasteiger partial charge is 0.129 e. The van der Waals surface area contributed by atoms with Crippen LogP contribution in [0, 0.1) is 12.7 Å². The van der Waals surface area contributed by atoms with Gasteiger partial charge in [0.25, 0.3) is 0 Å². The molecule has 0 aliphatic carbocycles. The summed E-state index contributed by atoms with van der Waals surface area (Å²) in [5, 5.41) is 0.623. The summed E-state index contributed by atoms with van der Waals surface area (Å²) in [4.78, 5) is 4.40. The van der Waals surface area contributed by atoms with Crippen molar-refractivity contribution in [3.8, 4) is 5.69 Å². The minimum absolute atomic E-state index is 0.232. The lowest BCUT2D eigenvalue weighted by molar-refractivity contribution is 0.620. The predicted molar refractivity (Wildman–Crippen MR) is 88.0 cm³/mol. The van der Waals surface area contributed by atoms with E-state index in [1.165, 1.54) is 6.07 Å². The fourth-order valence-corrected chi connectivity index (χ4v) is 2.92. The summed E-state index contributed by atoms with van der Waals surface area (Å²) in [7, 11) is 0. The Bertz CT molecular complexity index is 845. The topological polar surface area (TPSA) is 17.8 Å². The van der Waals surface area contributed by atoms with Gasteiger partial charge in [-0.25, -0.2) is 9.37 Å². The van der Waals surface area contributed by atoms with Crippen LogP contribution in [0.1, 0.15) is 11.4 Å². The first-order chi connectivity index (χ1) is 10.0. The van der Waals surface area contributed by atoms with Crippen molar-refractivity contribution in [1.29, 1.82) is 0 Å². The third kappa shape index (κ3) is 2.56. The Kier molecular flexibility index (Phi) is 3.95. The van der Waals surface area contributed by atoms with Crippen molar-refractivity contribution in [3.05, 3.63) is 57.0 Å². The zero-order chi connectivity index (χ0) is 15.1. The summed E-state index contributed by atoms with van der Waals surface area (Å²) in [6.07, 6.45) is 0. The number of aryl methyl sites for hydroxylation is 1. The van der Waals surface area contributed by atoms with Crippen LogP contribution in [0.2, 0.25) is 5.02 Å². The zero-order valence-corrected chi connectivity index (χ0v) is 14.1. The third-order valence-corrected chi connectivity index (χ3v) is 4.74. The molecule has 0 spiro atoms. The van der Waals surface area contributed by atoms with Crippen LogP contribution in [0.4, 0.5) is 4.39 Å². The van der Waals surface area contributed by atoms with Crippen molar-refractivity contribution in [1.82, 2.24) is 9.55 Å². The molecule has 3 aromatic rings. The van der Waals surface area contributed by atoms with Crippen molar-refractivity contribution >= 4 is 50.2 Å². The second-order valence-corrected chi connectivity index (χ2v) is 6.21. The molecule has 1 aromatic heterocycles. The average Bonchev–Trinajstić information content (AvgIpc) is 2.80. The van der Waals surface area contributed by atoms with E-state index in [-0.39, 0.29) is 11.7 Å². The van der Waals surface area contributed by atoms with E-state index in [0.29, 0.717) is 21.9 Å². The molecule has 0 radical (unpaired) electrons. The number of hydrogen-bond donors (Lipinski definition) is 0. The number of hydrogen-bond acceptors (Lipinski definition) is 1. The third-order valence-electron chi connectivity index (χ3n) is 3.29. The van der Waals surface area contributed by atoms with Crippen LogP contribution in [0.5, 0.6) is 0 Å². The van der Waals surface area contributed by atoms with E-state index in [9.17, 15) is 4.39 Å². The maximum absolute atomic E-state index is 13.7. The summed E-state index contributed by atoms with van der Waals surface area (Å²) < 4.78 is 16.4. The Hall–Kier alpha value is -1.10. The SMILES string of the molecule is Cc1cc2c(cc1F)nc(CCl)n2-c1ccc(Cl)c(Br)c1. The normalized spacial score (nSPS) is 11.3. The van der Waals surface area contributed by atoms with Gasteiger partial charge in [0.2, 0.25) is 0 Å². The van der Waals surface area contributed by atoms with Crippen molar-refractivity contribution in [3.63, 3.8) is 0 Å². The molecule has 0 fully saturated rings. The van der Waals surface area contributed by atoms with Gasteiger partial charge in [-0.3, -0.25) is 4.57 Å². The van der Waals surface area contributed by atoms with Crippen LogP contribution < -0.4 is 0 Å². The van der Waals surface area contributed by atoms with E-state index in [1.807, 2.05) is 16.7 Å². The monoisotopic (exact) mass is 386 g/mol. The molecule has 108 valence electrons. The molecule has 2 nitrogen and oxygen atoms in total. The summed E-state index contributed by atoms with van der Waals surface area (Å²) in [6, 6.07) is 8.76. The van der Waals surface area contributed by atoms with Gasteiger partial charge in [0.05, 0.1) is 21.9 Å². The van der Waals surface area contributed by atoms with E-state index >= 15 is 0 Å². The van der Waals surface area contributed by atoms with Crippen LogP contribution in [0.25, 0.3) is 16.7 Å². The fourth-order valence-electron chi connectivity index (χ4n) is 2.25. The maximum Gasteiger partial charge on any atom is 0.129 e. The second kappa shape index (κ2) is 5.59. The highest BCUT2D eigenvalue weighted by Crippen LogP contribution is 2.29. The number of benzene rings is 2. The van der Waals surface area contributed by atoms with E-state index in [1.54, 1.807) is 19.1 Å². The number of aromatic nitrogens is 2. The molecule has 0 N–H and O–H groups in total. The van der Waals surface area contributed by atoms with Gasteiger partial charge in [-0.1, -0.05) is 11.6 Å². The molecule has 3 rings (SSSR count). The molecule has 0 aliphatic rings. The molecule has 0 saturated heterocycles. The maximum atomic E-state index is 13.7. The van der Waals surface area contributed by atoms with Crippen LogP contribution in [-0.2, 0) is 5.88 Å². The van der Waals surface area contributed by atoms with E-state index in [2.05, 4.69) is 20.9 Å². The van der Waals surface area contributed by atoms with Gasteiger partial charge < -0.3 is 0 Å². The molecule has 21 heavy (non-hydrogen) atoms. The summed E-state index contributed by atoms with van der Waals surface area (Å²) >= 11 is 15.4. The molecule has 0 bridgehead atoms. The van der Waals surface area contributed by atoms with Crippen molar-refractivity contribution in [2.75, 3.05) is 0 Å². The molecular weight excluding hydrogens is 378 g/mol. The number of imidazole rings is 1. The number of alkyl halides is 1. The fraction of sp³-hybridized carbons (Fsp3) is 0.133. The standard InChI is InChI=1S/C15H10BrCl2FN2/c1-8-4-14-13(6-12(8)19)20-15(7-17)21(14)9-2-3-11(18)10(16)5-9/h2-6H,7H2,1H3. The number of fused-ring (bicyclic) bond motifs is 1. The highest BCUT2D eigenvalue weighted by atomic mass is 79.9. The molecule has 2 aromatic carbocycles. The Morgan fingerprint density at radius 1 is 1.29 bits per heavy atom. The van der Waals surface area contributed by atoms with Gasteiger partial charge in [0.1, 0.15) is 11.6 Å². The second-order valence-electron chi connectivity index (χ2n) is 4.69. The number of rotatable bonds is 2. The summed E-state index contributed by atoms with van der Waals surface area (Å²) in [5.41, 5.74) is 2.84. The minimum atomic E-state index is -0.273. The predicted octanol–water partition coefficient (Wildman–Crippen LogP) is 5.63. The van der Waals surface area contributed by atoms with Crippen LogP contribution in [0.3, 0.4) is 0 Å². The molecule has 1 heterocycles. The van der Waals surface area contributed by atoms with E-state index in [0.717, 1.165) is 15.7 Å². The highest BCUT2D eigenvalue weighted by Gasteiger charge is 2.14. The van der Waals surface area contributed by atoms with Gasteiger partial charge in [-0.2, -0.15) is 0 Å². The van der Waals surface area contributed by atoms with Crippen molar-refractivity contribution in [2.24, 2.45) is 0 Å². The molecule has 6 heteroatoms. The Morgan fingerprint density at radius 3 is 2.71 bits per heavy atom. The Morgan fingerprint density at radius 2 is 2.05 bits per heavy atom. The summed E-state index contributed by atoms with van der Waals surface area (Å²) in [6.45, 7) is 1.73. The molecule has 0 aliphatic heterocycles. The van der Waals surface area contributed by atoms with Gasteiger partial charge in [0.15, 0.2) is 0 Å². The van der Waals surface area contributed by atoms with E-state index < -0.39 is 0 Å². The zero-order valence-electron chi connectivity index (χ0n) is 11.0. The van der Waals surface area contributed by atoms with Gasteiger partial charge in [-0.15, -0.1) is 11.6 Å². The first kappa shape index (κ1) is 14.8. The quantitative estimate of drug-likeness (QED) is 0.521. The van der Waals surface area contributed by atoms with Gasteiger partial charge >= 0.3 is 0 Å². The van der Waals surface area contributed by atoms with Gasteiger partial charge in [0, 0.05) is 16.2 Å². The number of nitrogens with zero attached hydrogens (tertiary/aromatic N) is 2. The van der Waals surface area contributed by atoms with E-state index in [4.69, 9.17) is 23.2 Å². The highest BCUT2D eigenvalue weighted by molar-refractivity contribution is 9.10. The van der Waals surface area contributed by atoms with Crippen LogP contribution >= 0.6 is 39.1 Å². The molecule has 0 unspecified atom stereocenters. The van der Waals surface area contributed by atoms with Crippen molar-refractivity contribution in [2.45, 2.75) is 12.8 Å². The average molecular weight is 388 g/mol. The first-order valence-corrected chi connectivity index (χ1v) is 7.90. The van der Waals surface area contributed by atoms with Crippen molar-refractivity contribution < 1.29 is 4.39 Å². The van der Waals surface area contributed by atoms with Crippen LogP contribution in [-0.4, -0.2) is 9.55 Å². The lowest BCUT2D eigenvalue weighted by atomic mass is 10.2. The lowest BCUT2D eigenvalue weighted by Gasteiger charge is -2.09. The molecule has 0 amide bonds.